The largest absolute Gasteiger partial charge is 0.479 e. The average molecular weight is 477 g/mol. The molecular formula is C21H27N5O8. The number of aliphatic hydroxyl groups excluding tert-OH is 2. The molecule has 0 saturated carbocycles. The first-order valence-corrected chi connectivity index (χ1v) is 10.3. The van der Waals surface area contributed by atoms with E-state index in [9.17, 15) is 14.4 Å². The van der Waals surface area contributed by atoms with E-state index in [4.69, 9.17) is 30.9 Å². The number of carbonyl (C=O) groups is 3. The number of aromatic nitrogens is 2. The number of nitrogens with zero attached hydrogens (tertiary/aromatic N) is 3. The Morgan fingerprint density at radius 1 is 1.03 bits per heavy atom. The van der Waals surface area contributed by atoms with Crippen molar-refractivity contribution < 1.29 is 39.5 Å². The Labute approximate surface area is 194 Å². The van der Waals surface area contributed by atoms with E-state index in [0.29, 0.717) is 19.8 Å². The standard InChI is InChI=1S/C17H21N5O2.C4H6O6/c18-9-16(23)19-10-13-2-1-3-14(8-13)15-11-20-17(21-12-15)22-4-6-24-7-5-22;5-1(3(7)8)2(6)4(9)10/h1-3,8,11-12H,4-7,9-10,18H2,(H,19,23);1-2,5-6H,(H,7,8)(H,9,10)/t;1-,2-/m.1/s1. The number of nitrogens with one attached hydrogen (secondary N) is 1. The number of nitrogens with two attached hydrogens (primary N) is 1. The summed E-state index contributed by atoms with van der Waals surface area (Å²) in [5, 5.41) is 35.3. The van der Waals surface area contributed by atoms with Crippen LogP contribution in [-0.2, 0) is 25.7 Å². The monoisotopic (exact) mass is 477 g/mol. The summed E-state index contributed by atoms with van der Waals surface area (Å²) in [6, 6.07) is 7.93. The van der Waals surface area contributed by atoms with E-state index in [1.807, 2.05) is 36.7 Å². The zero-order valence-electron chi connectivity index (χ0n) is 18.2. The normalized spacial score (nSPS) is 14.9. The molecule has 1 aliphatic rings. The molecule has 0 spiro atoms. The number of rotatable bonds is 8. The van der Waals surface area contributed by atoms with E-state index in [0.717, 1.165) is 35.7 Å². The first kappa shape index (κ1) is 26.6. The third-order valence-electron chi connectivity index (χ3n) is 4.67. The first-order chi connectivity index (χ1) is 16.2. The van der Waals surface area contributed by atoms with Crippen LogP contribution in [0, 0.1) is 0 Å². The molecule has 7 N–H and O–H groups in total. The van der Waals surface area contributed by atoms with Gasteiger partial charge in [-0.2, -0.15) is 0 Å². The summed E-state index contributed by atoms with van der Waals surface area (Å²) < 4.78 is 5.34. The fourth-order valence-corrected chi connectivity index (χ4v) is 2.80. The predicted molar refractivity (Wildman–Crippen MR) is 119 cm³/mol. The molecule has 0 aliphatic carbocycles. The van der Waals surface area contributed by atoms with Gasteiger partial charge in [-0.15, -0.1) is 0 Å². The minimum atomic E-state index is -2.27. The van der Waals surface area contributed by atoms with Gasteiger partial charge in [-0.3, -0.25) is 4.79 Å². The third kappa shape index (κ3) is 8.04. The van der Waals surface area contributed by atoms with Crippen LogP contribution in [0.15, 0.2) is 36.7 Å². The molecule has 1 amide bonds. The van der Waals surface area contributed by atoms with E-state index in [1.165, 1.54) is 0 Å². The van der Waals surface area contributed by atoms with Gasteiger partial charge < -0.3 is 41.1 Å². The predicted octanol–water partition coefficient (Wildman–Crippen LogP) is -1.57. The molecule has 2 heterocycles. The summed E-state index contributed by atoms with van der Waals surface area (Å²) in [7, 11) is 0. The Kier molecular flexibility index (Phi) is 10.3. The van der Waals surface area contributed by atoms with Gasteiger partial charge in [0.2, 0.25) is 11.9 Å². The van der Waals surface area contributed by atoms with Gasteiger partial charge in [-0.05, 0) is 17.2 Å². The third-order valence-corrected chi connectivity index (χ3v) is 4.67. The highest BCUT2D eigenvalue weighted by Gasteiger charge is 2.29. The summed E-state index contributed by atoms with van der Waals surface area (Å²) >= 11 is 0. The molecule has 0 unspecified atom stereocenters. The average Bonchev–Trinajstić information content (AvgIpc) is 2.87. The number of aliphatic hydroxyl groups is 2. The number of hydrogen-bond acceptors (Lipinski definition) is 10. The van der Waals surface area contributed by atoms with Crippen molar-refractivity contribution in [3.05, 3.63) is 42.2 Å². The summed E-state index contributed by atoms with van der Waals surface area (Å²) in [6.45, 7) is 3.50. The second-order valence-electron chi connectivity index (χ2n) is 7.12. The number of amides is 1. The van der Waals surface area contributed by atoms with Crippen molar-refractivity contribution in [2.24, 2.45) is 5.73 Å². The number of carboxylic acids is 2. The van der Waals surface area contributed by atoms with Crippen LogP contribution in [0.2, 0.25) is 0 Å². The number of carbonyl (C=O) groups excluding carboxylic acids is 1. The van der Waals surface area contributed by atoms with Crippen LogP contribution in [0.5, 0.6) is 0 Å². The Morgan fingerprint density at radius 2 is 1.62 bits per heavy atom. The molecule has 34 heavy (non-hydrogen) atoms. The number of benzene rings is 1. The van der Waals surface area contributed by atoms with E-state index < -0.39 is 24.1 Å². The number of anilines is 1. The van der Waals surface area contributed by atoms with Crippen LogP contribution in [0.25, 0.3) is 11.1 Å². The van der Waals surface area contributed by atoms with E-state index >= 15 is 0 Å². The van der Waals surface area contributed by atoms with Crippen LogP contribution < -0.4 is 16.0 Å². The zero-order chi connectivity index (χ0) is 25.1. The van der Waals surface area contributed by atoms with Crippen LogP contribution in [0.1, 0.15) is 5.56 Å². The van der Waals surface area contributed by atoms with Gasteiger partial charge in [0.25, 0.3) is 0 Å². The molecule has 1 aliphatic heterocycles. The van der Waals surface area contributed by atoms with Crippen molar-refractivity contribution in [2.45, 2.75) is 18.8 Å². The summed E-state index contributed by atoms with van der Waals surface area (Å²) in [6.07, 6.45) is -0.875. The number of aliphatic carboxylic acids is 2. The molecule has 13 heteroatoms. The maximum absolute atomic E-state index is 11.3. The highest BCUT2D eigenvalue weighted by Crippen LogP contribution is 2.20. The van der Waals surface area contributed by atoms with Gasteiger partial charge in [0.05, 0.1) is 19.8 Å². The number of morpholine rings is 1. The summed E-state index contributed by atoms with van der Waals surface area (Å²) in [4.78, 5) is 41.9. The van der Waals surface area contributed by atoms with Crippen molar-refractivity contribution in [1.82, 2.24) is 15.3 Å². The molecule has 3 rings (SSSR count). The van der Waals surface area contributed by atoms with Gasteiger partial charge in [0.15, 0.2) is 12.2 Å². The van der Waals surface area contributed by atoms with Crippen molar-refractivity contribution in [1.29, 1.82) is 0 Å². The molecular weight excluding hydrogens is 450 g/mol. The van der Waals surface area contributed by atoms with Gasteiger partial charge in [0, 0.05) is 37.6 Å². The second kappa shape index (κ2) is 13.2. The Balaban J connectivity index is 0.000000347. The molecule has 1 fully saturated rings. The van der Waals surface area contributed by atoms with Crippen molar-refractivity contribution in [3.63, 3.8) is 0 Å². The van der Waals surface area contributed by atoms with E-state index in [1.54, 1.807) is 0 Å². The van der Waals surface area contributed by atoms with Crippen molar-refractivity contribution in [2.75, 3.05) is 37.7 Å². The van der Waals surface area contributed by atoms with Gasteiger partial charge in [-0.1, -0.05) is 18.2 Å². The van der Waals surface area contributed by atoms with Crippen molar-refractivity contribution in [3.8, 4) is 11.1 Å². The Morgan fingerprint density at radius 3 is 2.15 bits per heavy atom. The fourth-order valence-electron chi connectivity index (χ4n) is 2.80. The lowest BCUT2D eigenvalue weighted by atomic mass is 10.1. The maximum Gasteiger partial charge on any atom is 0.335 e. The maximum atomic E-state index is 11.3. The van der Waals surface area contributed by atoms with Crippen molar-refractivity contribution >= 4 is 23.8 Å². The molecule has 1 aromatic carbocycles. The van der Waals surface area contributed by atoms with Crippen LogP contribution >= 0.6 is 0 Å². The molecule has 2 atom stereocenters. The molecule has 0 radical (unpaired) electrons. The number of ether oxygens (including phenoxy) is 1. The first-order valence-electron chi connectivity index (χ1n) is 10.3. The smallest absolute Gasteiger partial charge is 0.335 e. The molecule has 1 aromatic heterocycles. The fraction of sp³-hybridized carbons (Fsp3) is 0.381. The van der Waals surface area contributed by atoms with Crippen LogP contribution in [0.4, 0.5) is 5.95 Å². The summed E-state index contributed by atoms with van der Waals surface area (Å²) in [5.41, 5.74) is 8.26. The molecule has 2 aromatic rings. The van der Waals surface area contributed by atoms with E-state index in [-0.39, 0.29) is 12.5 Å². The lowest BCUT2D eigenvalue weighted by Crippen LogP contribution is -2.39. The minimum absolute atomic E-state index is 0.00344. The number of carboxylic acid groups (broad SMARTS) is 2. The van der Waals surface area contributed by atoms with Crippen LogP contribution in [0.3, 0.4) is 0 Å². The van der Waals surface area contributed by atoms with E-state index in [2.05, 4.69) is 20.2 Å². The van der Waals surface area contributed by atoms with Gasteiger partial charge >= 0.3 is 11.9 Å². The highest BCUT2D eigenvalue weighted by molar-refractivity contribution is 5.83. The zero-order valence-corrected chi connectivity index (χ0v) is 18.2. The molecule has 1 saturated heterocycles. The molecule has 13 nitrogen and oxygen atoms in total. The second-order valence-corrected chi connectivity index (χ2v) is 7.12. The Bertz CT molecular complexity index is 948. The van der Waals surface area contributed by atoms with Gasteiger partial charge in [-0.25, -0.2) is 19.6 Å². The topological polar surface area (TPSA) is 208 Å². The summed E-state index contributed by atoms with van der Waals surface area (Å²) in [5.74, 6) is -2.98. The number of hydrogen-bond donors (Lipinski definition) is 6. The Hall–Kier alpha value is -3.65. The molecule has 184 valence electrons. The lowest BCUT2D eigenvalue weighted by Gasteiger charge is -2.26. The van der Waals surface area contributed by atoms with Gasteiger partial charge in [0.1, 0.15) is 0 Å². The van der Waals surface area contributed by atoms with Crippen LogP contribution in [-0.4, -0.2) is 93.3 Å². The minimum Gasteiger partial charge on any atom is -0.479 e. The molecule has 0 bridgehead atoms. The lowest BCUT2D eigenvalue weighted by molar-refractivity contribution is -0.165. The highest BCUT2D eigenvalue weighted by atomic mass is 16.5. The quantitative estimate of drug-likeness (QED) is 0.255. The SMILES string of the molecule is NCC(=O)NCc1cccc(-c2cnc(N3CCOCC3)nc2)c1.O=C(O)[C@H](O)[C@@H](O)C(=O)O.